The predicted molar refractivity (Wildman–Crippen MR) is 62.0 cm³/mol. The summed E-state index contributed by atoms with van der Waals surface area (Å²) < 4.78 is 0. The Hall–Kier alpha value is -1.42. The van der Waals surface area contributed by atoms with Crippen LogP contribution >= 0.6 is 0 Å². The summed E-state index contributed by atoms with van der Waals surface area (Å²) in [6, 6.07) is 5.70. The van der Waals surface area contributed by atoms with Crippen LogP contribution in [0.4, 0.5) is 0 Å². The fraction of sp³-hybridized carbons (Fsp3) is 0.500. The van der Waals surface area contributed by atoms with Gasteiger partial charge in [0.25, 0.3) is 0 Å². The van der Waals surface area contributed by atoms with Crippen LogP contribution in [0.3, 0.4) is 0 Å². The number of carbonyl (C=O) groups is 1. The van der Waals surface area contributed by atoms with Crippen molar-refractivity contribution in [1.29, 1.82) is 0 Å². The molecule has 88 valence electrons. The Bertz CT molecular complexity index is 347. The average molecular weight is 222 g/mol. The Morgan fingerprint density at radius 1 is 1.56 bits per heavy atom. The maximum Gasteiger partial charge on any atom is 0.248 e. The minimum atomic E-state index is -0.973. The van der Waals surface area contributed by atoms with Crippen LogP contribution < -0.4 is 5.32 Å². The number of nitrogens with one attached hydrogen (secondary N) is 1. The molecule has 0 aromatic carbocycles. The Labute approximate surface area is 95.7 Å². The van der Waals surface area contributed by atoms with Crippen LogP contribution in [-0.2, 0) is 10.2 Å². The Kier molecular flexibility index (Phi) is 4.01. The molecule has 1 heterocycles. The normalized spacial score (nSPS) is 13.2. The molecule has 0 aliphatic carbocycles. The summed E-state index contributed by atoms with van der Waals surface area (Å²) in [5, 5.41) is 11.8. The molecule has 4 nitrogen and oxygen atoms in total. The largest absolute Gasteiger partial charge is 0.384 e. The average Bonchev–Trinajstić information content (AvgIpc) is 2.27. The third-order valence-corrected chi connectivity index (χ3v) is 2.44. The lowest BCUT2D eigenvalue weighted by Crippen LogP contribution is -2.41. The highest BCUT2D eigenvalue weighted by Crippen LogP contribution is 2.19. The van der Waals surface area contributed by atoms with E-state index in [9.17, 15) is 4.79 Å². The first kappa shape index (κ1) is 12.6. The molecule has 0 saturated heterocycles. The summed E-state index contributed by atoms with van der Waals surface area (Å²) in [6.45, 7) is 5.89. The molecule has 0 aliphatic heterocycles. The summed E-state index contributed by atoms with van der Waals surface area (Å²) in [5.74, 6) is -0.357. The number of carbonyl (C=O) groups excluding carboxylic acids is 1. The molecular formula is C12H18N2O2. The van der Waals surface area contributed by atoms with Gasteiger partial charge in [-0.3, -0.25) is 9.78 Å². The number of hydrogen-bond acceptors (Lipinski definition) is 3. The summed E-state index contributed by atoms with van der Waals surface area (Å²) >= 11 is 0. The zero-order valence-corrected chi connectivity index (χ0v) is 9.90. The third kappa shape index (κ3) is 3.31. The van der Waals surface area contributed by atoms with E-state index in [1.54, 1.807) is 6.20 Å². The van der Waals surface area contributed by atoms with Crippen LogP contribution in [0.1, 0.15) is 26.5 Å². The van der Waals surface area contributed by atoms with Crippen molar-refractivity contribution in [3.8, 4) is 0 Å². The summed E-state index contributed by atoms with van der Waals surface area (Å²) in [4.78, 5) is 15.5. The van der Waals surface area contributed by atoms with E-state index in [1.165, 1.54) is 6.92 Å². The number of pyridine rings is 1. The van der Waals surface area contributed by atoms with Gasteiger partial charge in [0.1, 0.15) is 6.10 Å². The third-order valence-electron chi connectivity index (χ3n) is 2.44. The fourth-order valence-electron chi connectivity index (χ4n) is 1.31. The number of amides is 1. The molecule has 2 N–H and O–H groups in total. The van der Waals surface area contributed by atoms with Gasteiger partial charge < -0.3 is 10.4 Å². The van der Waals surface area contributed by atoms with Crippen molar-refractivity contribution in [2.45, 2.75) is 32.3 Å². The number of nitrogens with zero attached hydrogens (tertiary/aromatic N) is 1. The van der Waals surface area contributed by atoms with Gasteiger partial charge in [0.2, 0.25) is 5.91 Å². The number of aromatic nitrogens is 1. The standard InChI is InChI=1S/C12H18N2O2/c1-9(15)11(16)14-8-12(2,3)10-6-4-5-7-13-10/h4-7,9,15H,8H2,1-3H3,(H,14,16). The van der Waals surface area contributed by atoms with E-state index in [-0.39, 0.29) is 11.3 Å². The minimum absolute atomic E-state index is 0.244. The number of aliphatic hydroxyl groups excluding tert-OH is 1. The first-order valence-corrected chi connectivity index (χ1v) is 5.31. The van der Waals surface area contributed by atoms with Crippen molar-refractivity contribution in [2.24, 2.45) is 0 Å². The maximum absolute atomic E-state index is 11.2. The molecule has 0 fully saturated rings. The van der Waals surface area contributed by atoms with Crippen molar-refractivity contribution in [3.63, 3.8) is 0 Å². The van der Waals surface area contributed by atoms with E-state index in [0.717, 1.165) is 5.69 Å². The number of aliphatic hydroxyl groups is 1. The quantitative estimate of drug-likeness (QED) is 0.794. The van der Waals surface area contributed by atoms with Gasteiger partial charge in [0.15, 0.2) is 0 Å². The van der Waals surface area contributed by atoms with Crippen molar-refractivity contribution in [3.05, 3.63) is 30.1 Å². The summed E-state index contributed by atoms with van der Waals surface area (Å²) in [7, 11) is 0. The van der Waals surface area contributed by atoms with E-state index in [4.69, 9.17) is 5.11 Å². The van der Waals surface area contributed by atoms with Gasteiger partial charge in [-0.25, -0.2) is 0 Å². The smallest absolute Gasteiger partial charge is 0.248 e. The van der Waals surface area contributed by atoms with Crippen molar-refractivity contribution >= 4 is 5.91 Å². The molecule has 16 heavy (non-hydrogen) atoms. The Morgan fingerprint density at radius 3 is 2.75 bits per heavy atom. The summed E-state index contributed by atoms with van der Waals surface area (Å²) in [6.07, 6.45) is 0.757. The van der Waals surface area contributed by atoms with Crippen LogP contribution in [-0.4, -0.2) is 28.6 Å². The van der Waals surface area contributed by atoms with Crippen molar-refractivity contribution < 1.29 is 9.90 Å². The highest BCUT2D eigenvalue weighted by atomic mass is 16.3. The highest BCUT2D eigenvalue weighted by molar-refractivity contribution is 5.80. The van der Waals surface area contributed by atoms with Crippen LogP contribution in [0.15, 0.2) is 24.4 Å². The van der Waals surface area contributed by atoms with E-state index in [2.05, 4.69) is 10.3 Å². The van der Waals surface area contributed by atoms with Crippen molar-refractivity contribution in [2.75, 3.05) is 6.54 Å². The topological polar surface area (TPSA) is 62.2 Å². The molecule has 4 heteroatoms. The lowest BCUT2D eigenvalue weighted by molar-refractivity contribution is -0.128. The molecule has 1 rings (SSSR count). The zero-order chi connectivity index (χ0) is 12.2. The molecule has 1 atom stereocenters. The van der Waals surface area contributed by atoms with E-state index >= 15 is 0 Å². The molecule has 1 amide bonds. The van der Waals surface area contributed by atoms with E-state index in [0.29, 0.717) is 6.54 Å². The zero-order valence-electron chi connectivity index (χ0n) is 9.90. The van der Waals surface area contributed by atoms with E-state index < -0.39 is 6.10 Å². The second kappa shape index (κ2) is 5.07. The SMILES string of the molecule is CC(O)C(=O)NCC(C)(C)c1ccccn1. The van der Waals surface area contributed by atoms with Gasteiger partial charge >= 0.3 is 0 Å². The molecule has 0 bridgehead atoms. The fourth-order valence-corrected chi connectivity index (χ4v) is 1.31. The summed E-state index contributed by atoms with van der Waals surface area (Å²) in [5.41, 5.74) is 0.673. The molecule has 0 spiro atoms. The van der Waals surface area contributed by atoms with Crippen LogP contribution in [0.2, 0.25) is 0 Å². The minimum Gasteiger partial charge on any atom is -0.384 e. The molecule has 0 radical (unpaired) electrons. The second-order valence-corrected chi connectivity index (χ2v) is 4.49. The number of hydrogen-bond donors (Lipinski definition) is 2. The van der Waals surface area contributed by atoms with Gasteiger partial charge in [-0.15, -0.1) is 0 Å². The predicted octanol–water partition coefficient (Wildman–Crippen LogP) is 0.856. The van der Waals surface area contributed by atoms with Gasteiger partial charge in [0, 0.05) is 23.9 Å². The van der Waals surface area contributed by atoms with E-state index in [1.807, 2.05) is 32.0 Å². The molecule has 0 aliphatic rings. The second-order valence-electron chi connectivity index (χ2n) is 4.49. The van der Waals surface area contributed by atoms with Crippen LogP contribution in [0.25, 0.3) is 0 Å². The molecule has 0 saturated carbocycles. The lowest BCUT2D eigenvalue weighted by atomic mass is 9.88. The lowest BCUT2D eigenvalue weighted by Gasteiger charge is -2.24. The first-order valence-electron chi connectivity index (χ1n) is 5.31. The van der Waals surface area contributed by atoms with Gasteiger partial charge in [-0.1, -0.05) is 19.9 Å². The molecule has 1 aromatic heterocycles. The van der Waals surface area contributed by atoms with Crippen molar-refractivity contribution in [1.82, 2.24) is 10.3 Å². The number of rotatable bonds is 4. The Balaban J connectivity index is 2.63. The van der Waals surface area contributed by atoms with Crippen LogP contribution in [0.5, 0.6) is 0 Å². The van der Waals surface area contributed by atoms with Crippen LogP contribution in [0, 0.1) is 0 Å². The Morgan fingerprint density at radius 2 is 2.25 bits per heavy atom. The van der Waals surface area contributed by atoms with Gasteiger partial charge in [-0.05, 0) is 19.1 Å². The highest BCUT2D eigenvalue weighted by Gasteiger charge is 2.23. The monoisotopic (exact) mass is 222 g/mol. The first-order chi connectivity index (χ1) is 7.43. The van der Waals surface area contributed by atoms with Gasteiger partial charge in [0.05, 0.1) is 0 Å². The van der Waals surface area contributed by atoms with Gasteiger partial charge in [-0.2, -0.15) is 0 Å². The molecule has 1 unspecified atom stereocenters. The molecular weight excluding hydrogens is 204 g/mol. The maximum atomic E-state index is 11.2. The molecule has 1 aromatic rings.